The van der Waals surface area contributed by atoms with E-state index in [4.69, 9.17) is 4.74 Å². The lowest BCUT2D eigenvalue weighted by molar-refractivity contribution is 0.409. The lowest BCUT2D eigenvalue weighted by Gasteiger charge is -2.09. The van der Waals surface area contributed by atoms with Crippen LogP contribution < -0.4 is 10.1 Å². The van der Waals surface area contributed by atoms with Crippen LogP contribution in [0.1, 0.15) is 18.4 Å². The predicted octanol–water partition coefficient (Wildman–Crippen LogP) is 3.47. The number of benzene rings is 1. The van der Waals surface area contributed by atoms with Gasteiger partial charge in [-0.25, -0.2) is 0 Å². The first-order valence-corrected chi connectivity index (χ1v) is 6.54. The van der Waals surface area contributed by atoms with Crippen molar-refractivity contribution in [1.82, 2.24) is 5.32 Å². The Labute approximate surface area is 107 Å². The molecule has 0 bridgehead atoms. The van der Waals surface area contributed by atoms with Crippen LogP contribution in [0.5, 0.6) is 5.75 Å². The molecule has 0 saturated heterocycles. The standard InChI is InChI=1S/C11H13Br2NO/c1-15-11-9(12)4-7(5-10(11)13)6-14-8-2-3-8/h4-5,8,14H,2-3,6H2,1H3. The molecule has 1 N–H and O–H groups in total. The van der Waals surface area contributed by atoms with E-state index >= 15 is 0 Å². The van der Waals surface area contributed by atoms with Crippen molar-refractivity contribution in [2.75, 3.05) is 7.11 Å². The van der Waals surface area contributed by atoms with Gasteiger partial charge in [0.1, 0.15) is 5.75 Å². The van der Waals surface area contributed by atoms with E-state index in [0.717, 1.165) is 27.3 Å². The molecule has 1 aliphatic carbocycles. The Kier molecular flexibility index (Phi) is 3.69. The third kappa shape index (κ3) is 2.95. The zero-order valence-corrected chi connectivity index (χ0v) is 11.7. The Morgan fingerprint density at radius 3 is 2.40 bits per heavy atom. The maximum atomic E-state index is 5.25. The fourth-order valence-electron chi connectivity index (χ4n) is 1.46. The average molecular weight is 335 g/mol. The fraction of sp³-hybridized carbons (Fsp3) is 0.455. The molecule has 4 heteroatoms. The number of nitrogens with one attached hydrogen (secondary N) is 1. The topological polar surface area (TPSA) is 21.3 Å². The van der Waals surface area contributed by atoms with Gasteiger partial charge in [-0.15, -0.1) is 0 Å². The van der Waals surface area contributed by atoms with E-state index in [1.165, 1.54) is 18.4 Å². The molecule has 0 spiro atoms. The fourth-order valence-corrected chi connectivity index (χ4v) is 3.06. The summed E-state index contributed by atoms with van der Waals surface area (Å²) in [5.74, 6) is 0.852. The first-order chi connectivity index (χ1) is 7.20. The lowest BCUT2D eigenvalue weighted by atomic mass is 10.2. The van der Waals surface area contributed by atoms with Gasteiger partial charge in [0, 0.05) is 12.6 Å². The van der Waals surface area contributed by atoms with Crippen molar-refractivity contribution >= 4 is 31.9 Å². The summed E-state index contributed by atoms with van der Waals surface area (Å²) in [5.41, 5.74) is 1.27. The summed E-state index contributed by atoms with van der Waals surface area (Å²) in [6, 6.07) is 4.93. The minimum atomic E-state index is 0.740. The van der Waals surface area contributed by atoms with Crippen LogP contribution in [0, 0.1) is 0 Å². The second kappa shape index (κ2) is 4.85. The van der Waals surface area contributed by atoms with E-state index in [2.05, 4.69) is 49.3 Å². The molecule has 0 heterocycles. The van der Waals surface area contributed by atoms with Crippen molar-refractivity contribution in [1.29, 1.82) is 0 Å². The second-order valence-corrected chi connectivity index (χ2v) is 5.46. The summed E-state index contributed by atoms with van der Waals surface area (Å²) in [4.78, 5) is 0. The van der Waals surface area contributed by atoms with Gasteiger partial charge in [-0.3, -0.25) is 0 Å². The largest absolute Gasteiger partial charge is 0.494 e. The van der Waals surface area contributed by atoms with E-state index in [9.17, 15) is 0 Å². The molecule has 2 rings (SSSR count). The molecule has 1 fully saturated rings. The zero-order chi connectivity index (χ0) is 10.8. The van der Waals surface area contributed by atoms with Crippen LogP contribution in [0.3, 0.4) is 0 Å². The van der Waals surface area contributed by atoms with Crippen LogP contribution in [0.2, 0.25) is 0 Å². The van der Waals surface area contributed by atoms with E-state index in [-0.39, 0.29) is 0 Å². The Morgan fingerprint density at radius 1 is 1.33 bits per heavy atom. The Bertz CT molecular complexity index is 341. The molecular weight excluding hydrogens is 322 g/mol. The molecule has 1 aromatic rings. The minimum Gasteiger partial charge on any atom is -0.494 e. The van der Waals surface area contributed by atoms with Crippen molar-refractivity contribution in [2.45, 2.75) is 25.4 Å². The van der Waals surface area contributed by atoms with E-state index in [0.29, 0.717) is 0 Å². The molecule has 0 unspecified atom stereocenters. The van der Waals surface area contributed by atoms with Gasteiger partial charge in [-0.1, -0.05) is 0 Å². The van der Waals surface area contributed by atoms with Gasteiger partial charge in [0.2, 0.25) is 0 Å². The van der Waals surface area contributed by atoms with Crippen LogP contribution in [-0.4, -0.2) is 13.2 Å². The Morgan fingerprint density at radius 2 is 1.93 bits per heavy atom. The quantitative estimate of drug-likeness (QED) is 0.910. The van der Waals surface area contributed by atoms with Crippen LogP contribution in [0.15, 0.2) is 21.1 Å². The third-order valence-electron chi connectivity index (χ3n) is 2.43. The molecule has 2 nitrogen and oxygen atoms in total. The van der Waals surface area contributed by atoms with Crippen molar-refractivity contribution in [3.8, 4) is 5.75 Å². The number of hydrogen-bond donors (Lipinski definition) is 1. The molecule has 82 valence electrons. The molecule has 0 radical (unpaired) electrons. The SMILES string of the molecule is COc1c(Br)cc(CNC2CC2)cc1Br. The van der Waals surface area contributed by atoms with Gasteiger partial charge in [-0.05, 0) is 62.4 Å². The molecule has 0 aromatic heterocycles. The molecule has 0 aliphatic heterocycles. The van der Waals surface area contributed by atoms with Gasteiger partial charge in [0.05, 0.1) is 16.1 Å². The molecule has 0 amide bonds. The summed E-state index contributed by atoms with van der Waals surface area (Å²) in [5, 5.41) is 3.48. The molecule has 1 saturated carbocycles. The number of methoxy groups -OCH3 is 1. The first-order valence-electron chi connectivity index (χ1n) is 4.96. The Hall–Kier alpha value is -0.0600. The third-order valence-corrected chi connectivity index (χ3v) is 3.61. The summed E-state index contributed by atoms with van der Waals surface area (Å²) in [6.45, 7) is 0.922. The molecule has 0 atom stereocenters. The summed E-state index contributed by atoms with van der Waals surface area (Å²) in [6.07, 6.45) is 2.64. The smallest absolute Gasteiger partial charge is 0.147 e. The number of ether oxygens (including phenoxy) is 1. The van der Waals surface area contributed by atoms with Gasteiger partial charge >= 0.3 is 0 Å². The zero-order valence-electron chi connectivity index (χ0n) is 8.52. The number of rotatable bonds is 4. The van der Waals surface area contributed by atoms with Crippen molar-refractivity contribution in [3.05, 3.63) is 26.6 Å². The summed E-state index contributed by atoms with van der Waals surface area (Å²) in [7, 11) is 1.67. The number of hydrogen-bond acceptors (Lipinski definition) is 2. The molecule has 1 aromatic carbocycles. The van der Waals surface area contributed by atoms with Crippen molar-refractivity contribution in [2.24, 2.45) is 0 Å². The highest BCUT2D eigenvalue weighted by atomic mass is 79.9. The van der Waals surface area contributed by atoms with E-state index in [1.54, 1.807) is 7.11 Å². The van der Waals surface area contributed by atoms with Crippen molar-refractivity contribution in [3.63, 3.8) is 0 Å². The average Bonchev–Trinajstić information content (AvgIpc) is 2.97. The number of halogens is 2. The normalized spacial score (nSPS) is 15.4. The van der Waals surface area contributed by atoms with Gasteiger partial charge in [0.15, 0.2) is 0 Å². The Balaban J connectivity index is 2.10. The van der Waals surface area contributed by atoms with Gasteiger partial charge in [-0.2, -0.15) is 0 Å². The highest BCUT2D eigenvalue weighted by molar-refractivity contribution is 9.11. The predicted molar refractivity (Wildman–Crippen MR) is 68.3 cm³/mol. The summed E-state index contributed by atoms with van der Waals surface area (Å²) >= 11 is 7.00. The van der Waals surface area contributed by atoms with Gasteiger partial charge < -0.3 is 10.1 Å². The maximum absolute atomic E-state index is 5.25. The van der Waals surface area contributed by atoms with E-state index < -0.39 is 0 Å². The van der Waals surface area contributed by atoms with Crippen LogP contribution in [0.4, 0.5) is 0 Å². The van der Waals surface area contributed by atoms with Gasteiger partial charge in [0.25, 0.3) is 0 Å². The highest BCUT2D eigenvalue weighted by Gasteiger charge is 2.20. The highest BCUT2D eigenvalue weighted by Crippen LogP contribution is 2.34. The lowest BCUT2D eigenvalue weighted by Crippen LogP contribution is -2.15. The first kappa shape index (κ1) is 11.4. The van der Waals surface area contributed by atoms with E-state index in [1.807, 2.05) is 0 Å². The van der Waals surface area contributed by atoms with Crippen LogP contribution >= 0.6 is 31.9 Å². The van der Waals surface area contributed by atoms with Crippen LogP contribution in [0.25, 0.3) is 0 Å². The van der Waals surface area contributed by atoms with Crippen molar-refractivity contribution < 1.29 is 4.74 Å². The molecule has 15 heavy (non-hydrogen) atoms. The minimum absolute atomic E-state index is 0.740. The maximum Gasteiger partial charge on any atom is 0.147 e. The van der Waals surface area contributed by atoms with Crippen LogP contribution in [-0.2, 0) is 6.54 Å². The second-order valence-electron chi connectivity index (χ2n) is 3.75. The monoisotopic (exact) mass is 333 g/mol. The summed E-state index contributed by atoms with van der Waals surface area (Å²) < 4.78 is 7.24. The molecule has 1 aliphatic rings. The molecular formula is C11H13Br2NO.